The van der Waals surface area contributed by atoms with Crippen molar-refractivity contribution in [2.45, 2.75) is 26.6 Å². The third kappa shape index (κ3) is 9.63. The molecule has 0 aliphatic rings. The minimum atomic E-state index is -4.50. The van der Waals surface area contributed by atoms with Crippen LogP contribution in [0.25, 0.3) is 0 Å². The van der Waals surface area contributed by atoms with Gasteiger partial charge in [0.2, 0.25) is 0 Å². The highest BCUT2D eigenvalue weighted by molar-refractivity contribution is 4.53. The van der Waals surface area contributed by atoms with Crippen LogP contribution < -0.4 is 5.32 Å². The number of hydrogen-bond donors (Lipinski definition) is 1. The lowest BCUT2D eigenvalue weighted by Gasteiger charge is -2.11. The zero-order valence-electron chi connectivity index (χ0n) is 7.95. The van der Waals surface area contributed by atoms with Gasteiger partial charge in [-0.2, -0.15) is 0 Å². The number of rotatable bonds is 6. The lowest BCUT2D eigenvalue weighted by molar-refractivity contribution is -0.323. The molecule has 0 aromatic carbocycles. The molecule has 1 atom stereocenters. The van der Waals surface area contributed by atoms with E-state index < -0.39 is 6.36 Å². The van der Waals surface area contributed by atoms with Gasteiger partial charge >= 0.3 is 6.36 Å². The summed E-state index contributed by atoms with van der Waals surface area (Å²) in [6.07, 6.45) is -3.48. The summed E-state index contributed by atoms with van der Waals surface area (Å²) in [5, 5.41) is 2.88. The third-order valence-corrected chi connectivity index (χ3v) is 1.73. The summed E-state index contributed by atoms with van der Waals surface area (Å²) >= 11 is 0. The van der Waals surface area contributed by atoms with Crippen LogP contribution in [0, 0.1) is 5.92 Å². The Bertz CT molecular complexity index is 127. The predicted molar refractivity (Wildman–Crippen MR) is 44.3 cm³/mol. The zero-order chi connectivity index (χ0) is 10.3. The highest BCUT2D eigenvalue weighted by atomic mass is 19.4. The van der Waals surface area contributed by atoms with E-state index in [1.54, 1.807) is 0 Å². The molecule has 80 valence electrons. The second-order valence-electron chi connectivity index (χ2n) is 3.01. The number of alkyl halides is 3. The molecule has 0 radical (unpaired) electrons. The second-order valence-corrected chi connectivity index (χ2v) is 3.01. The van der Waals surface area contributed by atoms with Crippen LogP contribution in [0.4, 0.5) is 13.2 Å². The van der Waals surface area contributed by atoms with Crippen molar-refractivity contribution in [3.8, 4) is 0 Å². The summed E-state index contributed by atoms with van der Waals surface area (Å²) in [5.41, 5.74) is 0. The molecular weight excluding hydrogens is 183 g/mol. The molecule has 13 heavy (non-hydrogen) atoms. The van der Waals surface area contributed by atoms with E-state index in [2.05, 4.69) is 10.1 Å². The third-order valence-electron chi connectivity index (χ3n) is 1.73. The monoisotopic (exact) mass is 199 g/mol. The van der Waals surface area contributed by atoms with E-state index in [-0.39, 0.29) is 13.2 Å². The van der Waals surface area contributed by atoms with Gasteiger partial charge in [0.1, 0.15) is 0 Å². The van der Waals surface area contributed by atoms with Gasteiger partial charge in [-0.05, 0) is 12.5 Å². The Kier molecular flexibility index (Phi) is 6.07. The molecule has 2 nitrogen and oxygen atoms in total. The summed E-state index contributed by atoms with van der Waals surface area (Å²) in [6.45, 7) is 4.73. The Balaban J connectivity index is 3.18. The van der Waals surface area contributed by atoms with Crippen molar-refractivity contribution in [3.63, 3.8) is 0 Å². The normalized spacial score (nSPS) is 14.5. The Morgan fingerprint density at radius 3 is 2.46 bits per heavy atom. The molecule has 0 aromatic heterocycles. The topological polar surface area (TPSA) is 21.3 Å². The van der Waals surface area contributed by atoms with Crippen molar-refractivity contribution < 1.29 is 17.9 Å². The summed E-state index contributed by atoms with van der Waals surface area (Å²) < 4.78 is 38.0. The van der Waals surface area contributed by atoms with Crippen LogP contribution in [0.1, 0.15) is 20.3 Å². The van der Waals surface area contributed by atoms with Crippen LogP contribution in [-0.2, 0) is 4.74 Å². The molecule has 5 heteroatoms. The number of halogens is 3. The standard InChI is InChI=1S/C8H16F3NO/c1-3-7(2)6-12-4-5-13-8(9,10)11/h7,12H,3-6H2,1-2H3. The Labute approximate surface area is 76.5 Å². The Hall–Kier alpha value is -0.290. The number of ether oxygens (including phenoxy) is 1. The quantitative estimate of drug-likeness (QED) is 0.662. The van der Waals surface area contributed by atoms with Gasteiger partial charge in [0.15, 0.2) is 0 Å². The average molecular weight is 199 g/mol. The van der Waals surface area contributed by atoms with E-state index in [9.17, 15) is 13.2 Å². The zero-order valence-corrected chi connectivity index (χ0v) is 7.95. The fourth-order valence-corrected chi connectivity index (χ4v) is 0.732. The second kappa shape index (κ2) is 6.21. The average Bonchev–Trinajstić information content (AvgIpc) is 2.01. The SMILES string of the molecule is CCC(C)CNCCOC(F)(F)F. The first-order valence-corrected chi connectivity index (χ1v) is 4.37. The summed E-state index contributed by atoms with van der Waals surface area (Å²) in [7, 11) is 0. The molecule has 0 saturated carbocycles. The van der Waals surface area contributed by atoms with Gasteiger partial charge in [0, 0.05) is 6.54 Å². The lowest BCUT2D eigenvalue weighted by Crippen LogP contribution is -2.27. The van der Waals surface area contributed by atoms with E-state index in [0.29, 0.717) is 5.92 Å². The maximum absolute atomic E-state index is 11.5. The van der Waals surface area contributed by atoms with Gasteiger partial charge < -0.3 is 5.32 Å². The first-order chi connectivity index (χ1) is 5.95. The van der Waals surface area contributed by atoms with Crippen LogP contribution in [0.3, 0.4) is 0 Å². The van der Waals surface area contributed by atoms with Gasteiger partial charge in [0.25, 0.3) is 0 Å². The summed E-state index contributed by atoms with van der Waals surface area (Å²) in [5.74, 6) is 0.492. The summed E-state index contributed by atoms with van der Waals surface area (Å²) in [4.78, 5) is 0. The summed E-state index contributed by atoms with van der Waals surface area (Å²) in [6, 6.07) is 0. The highest BCUT2D eigenvalue weighted by Crippen LogP contribution is 2.15. The minimum absolute atomic E-state index is 0.240. The van der Waals surface area contributed by atoms with Gasteiger partial charge in [-0.15, -0.1) is 13.2 Å². The number of nitrogens with one attached hydrogen (secondary N) is 1. The maximum atomic E-state index is 11.5. The molecule has 0 fully saturated rings. The molecule has 0 aromatic rings. The van der Waals surface area contributed by atoms with E-state index >= 15 is 0 Å². The Morgan fingerprint density at radius 1 is 1.38 bits per heavy atom. The fourth-order valence-electron chi connectivity index (χ4n) is 0.732. The van der Waals surface area contributed by atoms with E-state index in [1.807, 2.05) is 13.8 Å². The van der Waals surface area contributed by atoms with Gasteiger partial charge in [0.05, 0.1) is 6.61 Å². The molecule has 1 N–H and O–H groups in total. The predicted octanol–water partition coefficient (Wildman–Crippen LogP) is 2.16. The highest BCUT2D eigenvalue weighted by Gasteiger charge is 2.28. The van der Waals surface area contributed by atoms with Crippen molar-refractivity contribution in [1.29, 1.82) is 0 Å². The van der Waals surface area contributed by atoms with Crippen molar-refractivity contribution in [2.75, 3.05) is 19.7 Å². The molecule has 1 unspecified atom stereocenters. The molecule has 0 spiro atoms. The van der Waals surface area contributed by atoms with Crippen molar-refractivity contribution in [2.24, 2.45) is 5.92 Å². The van der Waals surface area contributed by atoms with E-state index in [4.69, 9.17) is 0 Å². The van der Waals surface area contributed by atoms with Crippen LogP contribution in [0.5, 0.6) is 0 Å². The lowest BCUT2D eigenvalue weighted by atomic mass is 10.1. The minimum Gasteiger partial charge on any atom is -0.314 e. The molecular formula is C8H16F3NO. The fraction of sp³-hybridized carbons (Fsp3) is 1.00. The molecule has 0 amide bonds. The maximum Gasteiger partial charge on any atom is 0.522 e. The van der Waals surface area contributed by atoms with Crippen LogP contribution in [0.2, 0.25) is 0 Å². The van der Waals surface area contributed by atoms with Crippen molar-refractivity contribution in [3.05, 3.63) is 0 Å². The largest absolute Gasteiger partial charge is 0.522 e. The first-order valence-electron chi connectivity index (χ1n) is 4.37. The van der Waals surface area contributed by atoms with Crippen molar-refractivity contribution in [1.82, 2.24) is 5.32 Å². The van der Waals surface area contributed by atoms with Crippen LogP contribution in [0.15, 0.2) is 0 Å². The first kappa shape index (κ1) is 12.7. The Morgan fingerprint density at radius 2 is 2.00 bits per heavy atom. The molecule has 0 bridgehead atoms. The van der Waals surface area contributed by atoms with E-state index in [1.165, 1.54) is 0 Å². The van der Waals surface area contributed by atoms with Crippen LogP contribution in [-0.4, -0.2) is 26.1 Å². The number of hydrogen-bond acceptors (Lipinski definition) is 2. The smallest absolute Gasteiger partial charge is 0.314 e. The van der Waals surface area contributed by atoms with Gasteiger partial charge in [-0.1, -0.05) is 20.3 Å². The molecule has 0 saturated heterocycles. The molecule has 0 aliphatic carbocycles. The van der Waals surface area contributed by atoms with Gasteiger partial charge in [-0.25, -0.2) is 0 Å². The van der Waals surface area contributed by atoms with Crippen LogP contribution >= 0.6 is 0 Å². The van der Waals surface area contributed by atoms with E-state index in [0.717, 1.165) is 13.0 Å². The molecule has 0 rings (SSSR count). The van der Waals surface area contributed by atoms with Gasteiger partial charge in [-0.3, -0.25) is 4.74 Å². The molecule has 0 heterocycles. The molecule has 0 aliphatic heterocycles. The van der Waals surface area contributed by atoms with Crippen molar-refractivity contribution >= 4 is 0 Å².